The number of carbonyl (C=O) groups excluding carboxylic acids is 2. The molecule has 0 spiro atoms. The van der Waals surface area contributed by atoms with Crippen molar-refractivity contribution in [1.82, 2.24) is 0 Å². The lowest BCUT2D eigenvalue weighted by molar-refractivity contribution is -0.117. The molecule has 142 valence electrons. The monoisotopic (exact) mass is 370 g/mol. The fourth-order valence-electron chi connectivity index (χ4n) is 3.14. The van der Waals surface area contributed by atoms with E-state index >= 15 is 0 Å². The maximum atomic E-state index is 14.3. The number of nitrogens with zero attached hydrogens (tertiary/aromatic N) is 1. The number of hydrogen-bond acceptors (Lipinski definition) is 3. The van der Waals surface area contributed by atoms with Crippen LogP contribution in [0.5, 0.6) is 5.75 Å². The molecule has 5 nitrogen and oxygen atoms in total. The van der Waals surface area contributed by atoms with E-state index in [9.17, 15) is 14.0 Å². The summed E-state index contributed by atoms with van der Waals surface area (Å²) >= 11 is 0. The molecule has 0 bridgehead atoms. The van der Waals surface area contributed by atoms with Crippen molar-refractivity contribution < 1.29 is 18.7 Å². The SMILES string of the molecule is Cc1ccc(OCCC(=O)Nc2ccc(N3CCCC3=O)c(F)c2)c(C)c1. The van der Waals surface area contributed by atoms with Crippen LogP contribution < -0.4 is 15.0 Å². The van der Waals surface area contributed by atoms with Gasteiger partial charge in [-0.3, -0.25) is 9.59 Å². The van der Waals surface area contributed by atoms with Crippen molar-refractivity contribution in [1.29, 1.82) is 0 Å². The first kappa shape index (κ1) is 18.9. The first-order valence-electron chi connectivity index (χ1n) is 9.04. The van der Waals surface area contributed by atoms with Gasteiger partial charge < -0.3 is 15.0 Å². The number of nitrogens with one attached hydrogen (secondary N) is 1. The molecule has 1 saturated heterocycles. The standard InChI is InChI=1S/C21H23FN2O3/c1-14-5-8-19(15(2)12-14)27-11-9-20(25)23-16-6-7-18(17(22)13-16)24-10-3-4-21(24)26/h5-8,12-13H,3-4,9-11H2,1-2H3,(H,23,25). The molecule has 1 heterocycles. The van der Waals surface area contributed by atoms with Crippen LogP contribution in [0.25, 0.3) is 0 Å². The van der Waals surface area contributed by atoms with Crippen molar-refractivity contribution in [2.24, 2.45) is 0 Å². The van der Waals surface area contributed by atoms with Crippen LogP contribution in [0, 0.1) is 19.7 Å². The molecule has 1 N–H and O–H groups in total. The van der Waals surface area contributed by atoms with Gasteiger partial charge in [0.2, 0.25) is 11.8 Å². The minimum absolute atomic E-state index is 0.0748. The Balaban J connectivity index is 1.53. The first-order chi connectivity index (χ1) is 12.9. The zero-order chi connectivity index (χ0) is 19.4. The summed E-state index contributed by atoms with van der Waals surface area (Å²) in [5, 5.41) is 2.66. The fourth-order valence-corrected chi connectivity index (χ4v) is 3.14. The Morgan fingerprint density at radius 1 is 1.22 bits per heavy atom. The van der Waals surface area contributed by atoms with Crippen molar-refractivity contribution in [2.45, 2.75) is 33.1 Å². The van der Waals surface area contributed by atoms with Gasteiger partial charge in [0.1, 0.15) is 11.6 Å². The summed E-state index contributed by atoms with van der Waals surface area (Å²) in [7, 11) is 0. The highest BCUT2D eigenvalue weighted by Gasteiger charge is 2.24. The maximum Gasteiger partial charge on any atom is 0.227 e. The minimum atomic E-state index is -0.519. The lowest BCUT2D eigenvalue weighted by atomic mass is 10.1. The van der Waals surface area contributed by atoms with E-state index in [0.717, 1.165) is 23.3 Å². The molecule has 27 heavy (non-hydrogen) atoms. The molecule has 2 aromatic rings. The number of halogens is 1. The lowest BCUT2D eigenvalue weighted by Crippen LogP contribution is -2.24. The predicted molar refractivity (Wildman–Crippen MR) is 103 cm³/mol. The highest BCUT2D eigenvalue weighted by molar-refractivity contribution is 5.96. The van der Waals surface area contributed by atoms with Crippen LogP contribution in [0.2, 0.25) is 0 Å². The predicted octanol–water partition coefficient (Wildman–Crippen LogP) is 3.98. The second kappa shape index (κ2) is 8.20. The van der Waals surface area contributed by atoms with Crippen LogP contribution in [0.3, 0.4) is 0 Å². The van der Waals surface area contributed by atoms with Crippen molar-refractivity contribution in [3.8, 4) is 5.75 Å². The highest BCUT2D eigenvalue weighted by Crippen LogP contribution is 2.27. The zero-order valence-corrected chi connectivity index (χ0v) is 15.5. The van der Waals surface area contributed by atoms with E-state index in [1.54, 1.807) is 6.07 Å². The van der Waals surface area contributed by atoms with Crippen LogP contribution in [0.15, 0.2) is 36.4 Å². The number of rotatable bonds is 6. The molecule has 2 aromatic carbocycles. The molecular weight excluding hydrogens is 347 g/mol. The second-order valence-corrected chi connectivity index (χ2v) is 6.73. The molecule has 6 heteroatoms. The summed E-state index contributed by atoms with van der Waals surface area (Å²) in [6.45, 7) is 4.72. The number of anilines is 2. The average Bonchev–Trinajstić information content (AvgIpc) is 3.03. The van der Waals surface area contributed by atoms with Gasteiger partial charge in [-0.25, -0.2) is 4.39 Å². The zero-order valence-electron chi connectivity index (χ0n) is 15.5. The van der Waals surface area contributed by atoms with E-state index in [0.29, 0.717) is 18.7 Å². The molecule has 0 saturated carbocycles. The van der Waals surface area contributed by atoms with Crippen molar-refractivity contribution in [3.63, 3.8) is 0 Å². The number of benzene rings is 2. The van der Waals surface area contributed by atoms with Crippen molar-refractivity contribution >= 4 is 23.2 Å². The minimum Gasteiger partial charge on any atom is -0.493 e. The first-order valence-corrected chi connectivity index (χ1v) is 9.04. The van der Waals surface area contributed by atoms with Gasteiger partial charge in [0.15, 0.2) is 0 Å². The second-order valence-electron chi connectivity index (χ2n) is 6.73. The van der Waals surface area contributed by atoms with E-state index in [4.69, 9.17) is 4.74 Å². The summed E-state index contributed by atoms with van der Waals surface area (Å²) in [6, 6.07) is 10.2. The van der Waals surface area contributed by atoms with Gasteiger partial charge >= 0.3 is 0 Å². The lowest BCUT2D eigenvalue weighted by Gasteiger charge is -2.17. The molecule has 0 aromatic heterocycles. The Morgan fingerprint density at radius 3 is 2.70 bits per heavy atom. The van der Waals surface area contributed by atoms with Gasteiger partial charge in [0, 0.05) is 18.7 Å². The summed E-state index contributed by atoms with van der Waals surface area (Å²) in [4.78, 5) is 25.3. The van der Waals surface area contributed by atoms with Gasteiger partial charge in [-0.1, -0.05) is 17.7 Å². The van der Waals surface area contributed by atoms with E-state index in [2.05, 4.69) is 5.32 Å². The molecule has 2 amide bonds. The van der Waals surface area contributed by atoms with Crippen molar-refractivity contribution in [2.75, 3.05) is 23.4 Å². The third kappa shape index (κ3) is 4.64. The molecule has 0 aliphatic carbocycles. The fraction of sp³-hybridized carbons (Fsp3) is 0.333. The highest BCUT2D eigenvalue weighted by atomic mass is 19.1. The molecule has 0 unspecified atom stereocenters. The largest absolute Gasteiger partial charge is 0.493 e. The maximum absolute atomic E-state index is 14.3. The van der Waals surface area contributed by atoms with Crippen molar-refractivity contribution in [3.05, 3.63) is 53.3 Å². The molecular formula is C21H23FN2O3. The molecule has 0 atom stereocenters. The Hall–Kier alpha value is -2.89. The van der Waals surface area contributed by atoms with Crippen LogP contribution >= 0.6 is 0 Å². The van der Waals surface area contributed by atoms with Gasteiger partial charge in [-0.15, -0.1) is 0 Å². The summed E-state index contributed by atoms with van der Waals surface area (Å²) in [6.07, 6.45) is 1.33. The van der Waals surface area contributed by atoms with Gasteiger partial charge in [0.05, 0.1) is 18.7 Å². The Morgan fingerprint density at radius 2 is 2.04 bits per heavy atom. The Labute approximate surface area is 158 Å². The van der Waals surface area contributed by atoms with Crippen LogP contribution in [0.4, 0.5) is 15.8 Å². The van der Waals surface area contributed by atoms with Gasteiger partial charge in [-0.2, -0.15) is 0 Å². The summed E-state index contributed by atoms with van der Waals surface area (Å²) in [5.41, 5.74) is 2.79. The Bertz CT molecular complexity index is 867. The number of amides is 2. The number of aryl methyl sites for hydroxylation is 2. The molecule has 1 aliphatic heterocycles. The summed E-state index contributed by atoms with van der Waals surface area (Å²) < 4.78 is 19.9. The molecule has 1 fully saturated rings. The normalized spacial score (nSPS) is 13.7. The third-order valence-corrected chi connectivity index (χ3v) is 4.51. The van der Waals surface area contributed by atoms with Crippen LogP contribution in [0.1, 0.15) is 30.4 Å². The van der Waals surface area contributed by atoms with E-state index < -0.39 is 5.82 Å². The van der Waals surface area contributed by atoms with Crippen LogP contribution in [-0.4, -0.2) is 25.0 Å². The number of hydrogen-bond donors (Lipinski definition) is 1. The quantitative estimate of drug-likeness (QED) is 0.837. The molecule has 3 rings (SSSR count). The third-order valence-electron chi connectivity index (χ3n) is 4.51. The van der Waals surface area contributed by atoms with Gasteiger partial charge in [0.25, 0.3) is 0 Å². The smallest absolute Gasteiger partial charge is 0.227 e. The number of ether oxygens (including phenoxy) is 1. The summed E-state index contributed by atoms with van der Waals surface area (Å²) in [5.74, 6) is -0.105. The Kier molecular flexibility index (Phi) is 5.74. The van der Waals surface area contributed by atoms with E-state index in [1.165, 1.54) is 17.0 Å². The van der Waals surface area contributed by atoms with Crippen LogP contribution in [-0.2, 0) is 9.59 Å². The molecule has 1 aliphatic rings. The number of carbonyl (C=O) groups is 2. The average molecular weight is 370 g/mol. The molecule has 0 radical (unpaired) electrons. The van der Waals surface area contributed by atoms with Gasteiger partial charge in [-0.05, 0) is 50.1 Å². The van der Waals surface area contributed by atoms with E-state index in [-0.39, 0.29) is 30.5 Å². The van der Waals surface area contributed by atoms with E-state index in [1.807, 2.05) is 32.0 Å². The topological polar surface area (TPSA) is 58.6 Å².